The first-order chi connectivity index (χ1) is 14.1. The molecule has 1 saturated heterocycles. The summed E-state index contributed by atoms with van der Waals surface area (Å²) in [4.78, 5) is 15.7. The molecule has 4 rings (SSSR count). The summed E-state index contributed by atoms with van der Waals surface area (Å²) in [5, 5.41) is 0. The number of anilines is 1. The highest BCUT2D eigenvalue weighted by atomic mass is 32.2. The molecule has 1 aliphatic rings. The van der Waals surface area contributed by atoms with Gasteiger partial charge in [0.2, 0.25) is 0 Å². The highest BCUT2D eigenvalue weighted by Gasteiger charge is 2.38. The minimum absolute atomic E-state index is 0.305. The van der Waals surface area contributed by atoms with Crippen molar-refractivity contribution in [1.29, 1.82) is 0 Å². The van der Waals surface area contributed by atoms with Crippen LogP contribution in [0.15, 0.2) is 83.8 Å². The van der Waals surface area contributed by atoms with Gasteiger partial charge < -0.3 is 4.74 Å². The molecule has 4 nitrogen and oxygen atoms in total. The lowest BCUT2D eigenvalue weighted by molar-refractivity contribution is 0.00583. The van der Waals surface area contributed by atoms with E-state index in [0.29, 0.717) is 6.54 Å². The first-order valence-corrected chi connectivity index (χ1v) is 10.5. The van der Waals surface area contributed by atoms with E-state index in [1.165, 1.54) is 0 Å². The number of ether oxygens (including phenoxy) is 1. The van der Waals surface area contributed by atoms with Crippen LogP contribution in [0, 0.1) is 0 Å². The van der Waals surface area contributed by atoms with Gasteiger partial charge in [-0.2, -0.15) is 0 Å². The van der Waals surface area contributed by atoms with Gasteiger partial charge in [-0.3, -0.25) is 9.62 Å². The number of benzene rings is 3. The Hall–Kier alpha value is -2.76. The minimum atomic E-state index is -0.590. The van der Waals surface area contributed by atoms with Gasteiger partial charge in [0.25, 0.3) is 0 Å². The Morgan fingerprint density at radius 1 is 0.966 bits per heavy atom. The predicted octanol–water partition coefficient (Wildman–Crippen LogP) is 5.84. The van der Waals surface area contributed by atoms with E-state index in [2.05, 4.69) is 35.1 Å². The fourth-order valence-corrected chi connectivity index (χ4v) is 4.14. The van der Waals surface area contributed by atoms with Crippen LogP contribution in [0.2, 0.25) is 0 Å². The summed E-state index contributed by atoms with van der Waals surface area (Å²) in [7, 11) is 1.91. The van der Waals surface area contributed by atoms with E-state index in [0.717, 1.165) is 33.7 Å². The molecule has 1 aliphatic heterocycles. The fourth-order valence-electron chi connectivity index (χ4n) is 3.63. The number of hydrogen-bond donors (Lipinski definition) is 1. The molecule has 148 valence electrons. The van der Waals surface area contributed by atoms with E-state index >= 15 is 0 Å². The lowest BCUT2D eigenvalue weighted by Crippen LogP contribution is -2.46. The van der Waals surface area contributed by atoms with Crippen LogP contribution in [0.1, 0.15) is 18.9 Å². The zero-order chi connectivity index (χ0) is 20.3. The molecule has 0 saturated carbocycles. The molecule has 3 aromatic rings. The molecule has 0 radical (unpaired) electrons. The zero-order valence-electron chi connectivity index (χ0n) is 16.6. The van der Waals surface area contributed by atoms with E-state index in [1.807, 2.05) is 62.5 Å². The van der Waals surface area contributed by atoms with Gasteiger partial charge in [0.15, 0.2) is 0 Å². The SMILES string of the molecule is CNSc1ccc(-c2cccc(N3CCC(C)(c4ccccc4)OC3=O)c2)cc1. The number of carbonyl (C=O) groups is 1. The summed E-state index contributed by atoms with van der Waals surface area (Å²) < 4.78 is 8.97. The molecule has 1 amide bonds. The molecule has 0 aromatic heterocycles. The predicted molar refractivity (Wildman–Crippen MR) is 119 cm³/mol. The Morgan fingerprint density at radius 2 is 1.72 bits per heavy atom. The Bertz CT molecular complexity index is 991. The average molecular weight is 405 g/mol. The molecule has 1 atom stereocenters. The van der Waals surface area contributed by atoms with Crippen LogP contribution in [-0.2, 0) is 10.3 Å². The molecule has 1 heterocycles. The van der Waals surface area contributed by atoms with Gasteiger partial charge in [0, 0.05) is 23.5 Å². The van der Waals surface area contributed by atoms with Crippen molar-refractivity contribution in [1.82, 2.24) is 4.72 Å². The van der Waals surface area contributed by atoms with Gasteiger partial charge >= 0.3 is 6.09 Å². The first kappa shape index (κ1) is 19.6. The van der Waals surface area contributed by atoms with Crippen LogP contribution in [0.4, 0.5) is 10.5 Å². The van der Waals surface area contributed by atoms with Crippen molar-refractivity contribution >= 4 is 23.7 Å². The second-order valence-corrected chi connectivity index (χ2v) is 8.33. The van der Waals surface area contributed by atoms with Crippen LogP contribution < -0.4 is 9.62 Å². The van der Waals surface area contributed by atoms with Crippen molar-refractivity contribution in [3.05, 3.63) is 84.4 Å². The third-order valence-electron chi connectivity index (χ3n) is 5.30. The van der Waals surface area contributed by atoms with Gasteiger partial charge in [-0.1, -0.05) is 54.6 Å². The summed E-state index contributed by atoms with van der Waals surface area (Å²) in [6, 6.07) is 26.4. The van der Waals surface area contributed by atoms with Gasteiger partial charge in [-0.15, -0.1) is 0 Å². The number of carbonyl (C=O) groups excluding carboxylic acids is 1. The maximum atomic E-state index is 12.8. The lowest BCUT2D eigenvalue weighted by Gasteiger charge is -2.39. The molecule has 1 unspecified atom stereocenters. The van der Waals surface area contributed by atoms with E-state index < -0.39 is 5.60 Å². The molecule has 3 aromatic carbocycles. The van der Waals surface area contributed by atoms with Gasteiger partial charge in [0.05, 0.1) is 0 Å². The second kappa shape index (κ2) is 8.31. The molecule has 5 heteroatoms. The molecule has 29 heavy (non-hydrogen) atoms. The highest BCUT2D eigenvalue weighted by molar-refractivity contribution is 7.97. The number of amides is 1. The third kappa shape index (κ3) is 4.16. The molecule has 0 spiro atoms. The number of rotatable bonds is 5. The van der Waals surface area contributed by atoms with Crippen molar-refractivity contribution in [3.8, 4) is 11.1 Å². The summed E-state index contributed by atoms with van der Waals surface area (Å²) >= 11 is 1.58. The molecule has 0 aliphatic carbocycles. The number of cyclic esters (lactones) is 1. The van der Waals surface area contributed by atoms with Gasteiger partial charge in [-0.05, 0) is 66.9 Å². The topological polar surface area (TPSA) is 41.6 Å². The molecule has 1 fully saturated rings. The fraction of sp³-hybridized carbons (Fsp3) is 0.208. The van der Waals surface area contributed by atoms with E-state index in [4.69, 9.17) is 4.74 Å². The van der Waals surface area contributed by atoms with Crippen molar-refractivity contribution in [2.75, 3.05) is 18.5 Å². The second-order valence-electron chi connectivity index (χ2n) is 7.25. The van der Waals surface area contributed by atoms with Gasteiger partial charge in [0.1, 0.15) is 5.60 Å². The zero-order valence-corrected chi connectivity index (χ0v) is 17.4. The van der Waals surface area contributed by atoms with Crippen LogP contribution >= 0.6 is 11.9 Å². The number of nitrogens with zero attached hydrogens (tertiary/aromatic N) is 1. The molecular weight excluding hydrogens is 380 g/mol. The molecule has 1 N–H and O–H groups in total. The van der Waals surface area contributed by atoms with Crippen molar-refractivity contribution in [2.45, 2.75) is 23.8 Å². The molecular formula is C24H24N2O2S. The summed E-state index contributed by atoms with van der Waals surface area (Å²) in [6.45, 7) is 2.60. The normalized spacial score (nSPS) is 19.1. The number of hydrogen-bond acceptors (Lipinski definition) is 4. The first-order valence-electron chi connectivity index (χ1n) is 9.69. The quantitative estimate of drug-likeness (QED) is 0.542. The maximum Gasteiger partial charge on any atom is 0.415 e. The van der Waals surface area contributed by atoms with E-state index in [9.17, 15) is 4.79 Å². The van der Waals surface area contributed by atoms with E-state index in [1.54, 1.807) is 16.8 Å². The smallest absolute Gasteiger partial charge is 0.415 e. The third-order valence-corrected chi connectivity index (χ3v) is 6.01. The Morgan fingerprint density at radius 3 is 2.41 bits per heavy atom. The summed E-state index contributed by atoms with van der Waals surface area (Å²) in [5.41, 5.74) is 3.49. The standard InChI is InChI=1S/C24H24N2O2S/c1-24(20-8-4-3-5-9-20)15-16-26(23(27)28-24)21-10-6-7-19(17-21)18-11-13-22(14-12-18)29-25-2/h3-14,17,25H,15-16H2,1-2H3. The largest absolute Gasteiger partial charge is 0.438 e. The average Bonchev–Trinajstić information content (AvgIpc) is 2.75. The van der Waals surface area contributed by atoms with Crippen LogP contribution in [0.25, 0.3) is 11.1 Å². The van der Waals surface area contributed by atoms with Crippen LogP contribution in [-0.4, -0.2) is 19.7 Å². The lowest BCUT2D eigenvalue weighted by atomic mass is 9.91. The molecule has 0 bridgehead atoms. The minimum Gasteiger partial charge on any atom is -0.438 e. The summed E-state index contributed by atoms with van der Waals surface area (Å²) in [5.74, 6) is 0. The summed E-state index contributed by atoms with van der Waals surface area (Å²) in [6.07, 6.45) is 0.434. The van der Waals surface area contributed by atoms with E-state index in [-0.39, 0.29) is 6.09 Å². The van der Waals surface area contributed by atoms with Crippen molar-refractivity contribution in [3.63, 3.8) is 0 Å². The maximum absolute atomic E-state index is 12.8. The number of nitrogens with one attached hydrogen (secondary N) is 1. The Kier molecular flexibility index (Phi) is 5.60. The Balaban J connectivity index is 1.54. The Labute approximate surface area is 176 Å². The van der Waals surface area contributed by atoms with Crippen molar-refractivity contribution < 1.29 is 9.53 Å². The van der Waals surface area contributed by atoms with Crippen molar-refractivity contribution in [2.24, 2.45) is 0 Å². The van der Waals surface area contributed by atoms with Gasteiger partial charge in [-0.25, -0.2) is 4.79 Å². The van der Waals surface area contributed by atoms with Crippen LogP contribution in [0.5, 0.6) is 0 Å². The van der Waals surface area contributed by atoms with Crippen LogP contribution in [0.3, 0.4) is 0 Å². The monoisotopic (exact) mass is 404 g/mol. The highest BCUT2D eigenvalue weighted by Crippen LogP contribution is 2.36.